The maximum Gasteiger partial charge on any atom is 0.419 e. The lowest BCUT2D eigenvalue weighted by molar-refractivity contribution is -0.137. The van der Waals surface area contributed by atoms with Crippen LogP contribution in [0.15, 0.2) is 24.8 Å². The van der Waals surface area contributed by atoms with Crippen LogP contribution in [0.1, 0.15) is 19.4 Å². The Morgan fingerprint density at radius 1 is 1.28 bits per heavy atom. The van der Waals surface area contributed by atoms with Gasteiger partial charge in [-0.2, -0.15) is 23.5 Å². The molecule has 2 N–H and O–H groups in total. The van der Waals surface area contributed by atoms with Crippen LogP contribution in [0.25, 0.3) is 22.2 Å². The molecule has 0 aliphatic heterocycles. The summed E-state index contributed by atoms with van der Waals surface area (Å²) < 4.78 is 41.3. The fourth-order valence-corrected chi connectivity index (χ4v) is 2.62. The number of nitriles is 1. The molecule has 3 aromatic heterocycles. The number of nitrogens with one attached hydrogen (secondary N) is 2. The predicted molar refractivity (Wildman–Crippen MR) is 86.8 cm³/mol. The van der Waals surface area contributed by atoms with Crippen LogP contribution in [0.3, 0.4) is 0 Å². The number of fused-ring (bicyclic) bond motifs is 1. The standard InChI is InChI=1S/C16H15F3N6/c1-15(2,8-20)25-7-9(4-24-25)10-5-22-14-12(10)13(21-3)11(6-23-14)16(17,18)19/h4-7H,1-3H3,(H2,21,22,23). The highest BCUT2D eigenvalue weighted by atomic mass is 19.4. The first-order valence-electron chi connectivity index (χ1n) is 7.41. The number of anilines is 1. The number of H-pyrrole nitrogens is 1. The molecule has 25 heavy (non-hydrogen) atoms. The van der Waals surface area contributed by atoms with E-state index < -0.39 is 17.3 Å². The van der Waals surface area contributed by atoms with Gasteiger partial charge in [0, 0.05) is 36.8 Å². The minimum absolute atomic E-state index is 0.0546. The predicted octanol–water partition coefficient (Wildman–Crippen LogP) is 3.75. The number of halogens is 3. The zero-order valence-corrected chi connectivity index (χ0v) is 13.7. The number of alkyl halides is 3. The smallest absolute Gasteiger partial charge is 0.387 e. The van der Waals surface area contributed by atoms with Crippen molar-refractivity contribution in [2.24, 2.45) is 0 Å². The fourth-order valence-electron chi connectivity index (χ4n) is 2.62. The van der Waals surface area contributed by atoms with E-state index in [1.165, 1.54) is 17.9 Å². The van der Waals surface area contributed by atoms with Crippen LogP contribution in [0.4, 0.5) is 18.9 Å². The van der Waals surface area contributed by atoms with Crippen LogP contribution in [-0.4, -0.2) is 26.8 Å². The molecule has 0 aliphatic carbocycles. The van der Waals surface area contributed by atoms with Crippen molar-refractivity contribution in [1.29, 1.82) is 5.26 Å². The molecule has 3 aromatic rings. The summed E-state index contributed by atoms with van der Waals surface area (Å²) in [6, 6.07) is 2.12. The van der Waals surface area contributed by atoms with E-state index in [4.69, 9.17) is 0 Å². The number of nitrogens with zero attached hydrogens (tertiary/aromatic N) is 4. The van der Waals surface area contributed by atoms with Crippen molar-refractivity contribution >= 4 is 16.7 Å². The Morgan fingerprint density at radius 2 is 2.00 bits per heavy atom. The normalized spacial score (nSPS) is 12.4. The van der Waals surface area contributed by atoms with Crippen LogP contribution in [0.5, 0.6) is 0 Å². The average molecular weight is 348 g/mol. The minimum atomic E-state index is -4.53. The number of aromatic nitrogens is 4. The van der Waals surface area contributed by atoms with Gasteiger partial charge in [0.05, 0.1) is 28.9 Å². The third-order valence-electron chi connectivity index (χ3n) is 4.00. The molecule has 0 bridgehead atoms. The average Bonchev–Trinajstić information content (AvgIpc) is 3.19. The van der Waals surface area contributed by atoms with Gasteiger partial charge >= 0.3 is 6.18 Å². The van der Waals surface area contributed by atoms with Crippen molar-refractivity contribution in [2.75, 3.05) is 12.4 Å². The van der Waals surface area contributed by atoms with E-state index >= 15 is 0 Å². The zero-order valence-electron chi connectivity index (χ0n) is 13.7. The van der Waals surface area contributed by atoms with Gasteiger partial charge in [-0.15, -0.1) is 0 Å². The zero-order chi connectivity index (χ0) is 18.4. The van der Waals surface area contributed by atoms with Crippen molar-refractivity contribution in [3.8, 4) is 17.2 Å². The van der Waals surface area contributed by atoms with Crippen molar-refractivity contribution in [2.45, 2.75) is 25.6 Å². The molecule has 3 rings (SSSR count). The first-order chi connectivity index (χ1) is 11.7. The Morgan fingerprint density at radius 3 is 2.60 bits per heavy atom. The second-order valence-corrected chi connectivity index (χ2v) is 6.06. The maximum atomic E-state index is 13.3. The lowest BCUT2D eigenvalue weighted by Gasteiger charge is -2.15. The number of hydrogen-bond donors (Lipinski definition) is 2. The lowest BCUT2D eigenvalue weighted by Crippen LogP contribution is -2.24. The fraction of sp³-hybridized carbons (Fsp3) is 0.312. The van der Waals surface area contributed by atoms with Crippen LogP contribution >= 0.6 is 0 Å². The number of aromatic amines is 1. The van der Waals surface area contributed by atoms with Crippen LogP contribution in [-0.2, 0) is 11.7 Å². The van der Waals surface area contributed by atoms with Gasteiger partial charge < -0.3 is 10.3 Å². The quantitative estimate of drug-likeness (QED) is 0.755. The second-order valence-electron chi connectivity index (χ2n) is 6.06. The Bertz CT molecular complexity index is 974. The molecule has 6 nitrogen and oxygen atoms in total. The summed E-state index contributed by atoms with van der Waals surface area (Å²) in [4.78, 5) is 6.76. The molecule has 9 heteroatoms. The summed E-state index contributed by atoms with van der Waals surface area (Å²) in [5.41, 5.74) is -0.315. The van der Waals surface area contributed by atoms with E-state index in [-0.39, 0.29) is 5.69 Å². The summed E-state index contributed by atoms with van der Waals surface area (Å²) >= 11 is 0. The van der Waals surface area contributed by atoms with Gasteiger partial charge in [0.1, 0.15) is 11.2 Å². The highest BCUT2D eigenvalue weighted by molar-refractivity contribution is 6.03. The molecular formula is C16H15F3N6. The van der Waals surface area contributed by atoms with E-state index in [1.54, 1.807) is 26.2 Å². The molecular weight excluding hydrogens is 333 g/mol. The lowest BCUT2D eigenvalue weighted by atomic mass is 10.1. The SMILES string of the molecule is CNc1c(C(F)(F)F)cnc2[nH]cc(-c3cnn(C(C)(C)C#N)c3)c12. The second kappa shape index (κ2) is 5.51. The van der Waals surface area contributed by atoms with Gasteiger partial charge in [-0.1, -0.05) is 0 Å². The van der Waals surface area contributed by atoms with Crippen LogP contribution < -0.4 is 5.32 Å². The molecule has 0 spiro atoms. The van der Waals surface area contributed by atoms with E-state index in [9.17, 15) is 18.4 Å². The summed E-state index contributed by atoms with van der Waals surface area (Å²) in [7, 11) is 1.43. The number of rotatable bonds is 3. The van der Waals surface area contributed by atoms with Gasteiger partial charge in [0.15, 0.2) is 0 Å². The molecule has 0 unspecified atom stereocenters. The van der Waals surface area contributed by atoms with Gasteiger partial charge in [-0.3, -0.25) is 4.68 Å². The largest absolute Gasteiger partial charge is 0.419 e. The van der Waals surface area contributed by atoms with Crippen molar-refractivity contribution < 1.29 is 13.2 Å². The van der Waals surface area contributed by atoms with Gasteiger partial charge in [-0.25, -0.2) is 4.98 Å². The minimum Gasteiger partial charge on any atom is -0.387 e. The molecule has 0 atom stereocenters. The number of hydrogen-bond acceptors (Lipinski definition) is 4. The Hall–Kier alpha value is -3.02. The van der Waals surface area contributed by atoms with Crippen molar-refractivity contribution in [3.05, 3.63) is 30.4 Å². The summed E-state index contributed by atoms with van der Waals surface area (Å²) in [6.07, 6.45) is 1.00. The first kappa shape index (κ1) is 16.8. The van der Waals surface area contributed by atoms with Crippen LogP contribution in [0.2, 0.25) is 0 Å². The van der Waals surface area contributed by atoms with E-state index in [1.807, 2.05) is 0 Å². The maximum absolute atomic E-state index is 13.3. The summed E-state index contributed by atoms with van der Waals surface area (Å²) in [5.74, 6) is 0. The van der Waals surface area contributed by atoms with Crippen LogP contribution in [0, 0.1) is 11.3 Å². The van der Waals surface area contributed by atoms with E-state index in [0.717, 1.165) is 6.20 Å². The molecule has 0 saturated heterocycles. The Kier molecular flexibility index (Phi) is 3.71. The van der Waals surface area contributed by atoms with Gasteiger partial charge in [-0.05, 0) is 13.8 Å². The van der Waals surface area contributed by atoms with E-state index in [2.05, 4.69) is 26.5 Å². The molecule has 3 heterocycles. The Balaban J connectivity index is 2.24. The third-order valence-corrected chi connectivity index (χ3v) is 4.00. The van der Waals surface area contributed by atoms with E-state index in [0.29, 0.717) is 22.2 Å². The molecule has 0 amide bonds. The molecule has 0 radical (unpaired) electrons. The summed E-state index contributed by atoms with van der Waals surface area (Å²) in [6.45, 7) is 3.39. The monoisotopic (exact) mass is 348 g/mol. The summed E-state index contributed by atoms with van der Waals surface area (Å²) in [5, 5.41) is 16.3. The molecule has 0 fully saturated rings. The highest BCUT2D eigenvalue weighted by Crippen LogP contribution is 2.41. The molecule has 130 valence electrons. The molecule has 0 saturated carbocycles. The number of pyridine rings is 1. The van der Waals surface area contributed by atoms with Crippen molar-refractivity contribution in [3.63, 3.8) is 0 Å². The Labute approximate surface area is 141 Å². The first-order valence-corrected chi connectivity index (χ1v) is 7.41. The van der Waals surface area contributed by atoms with Gasteiger partial charge in [0.25, 0.3) is 0 Å². The molecule has 0 aliphatic rings. The molecule has 0 aromatic carbocycles. The third kappa shape index (κ3) is 2.69. The highest BCUT2D eigenvalue weighted by Gasteiger charge is 2.35. The van der Waals surface area contributed by atoms with Crippen molar-refractivity contribution in [1.82, 2.24) is 19.7 Å². The topological polar surface area (TPSA) is 82.3 Å². The van der Waals surface area contributed by atoms with Gasteiger partial charge in [0.2, 0.25) is 0 Å².